The standard InChI is InChI=1S/C51H103N2O6P/c1-6-8-10-12-14-16-18-19-20-21-22-23-24-25-26-27-28-29-30-31-32-33-35-37-39-41-43-45-51(55)52-49(48-59-60(56,57)58-47-46-53(3,4)5)50(54)44-42-40-38-36-34-17-15-13-11-9-7-2/h42,44,49-50,54H,6-41,43,45-48H2,1-5H3,(H-,52,55,56,57)/b44-42+. The molecule has 3 unspecified atom stereocenters. The first-order chi connectivity index (χ1) is 29.0. The van der Waals surface area contributed by atoms with E-state index < -0.39 is 20.0 Å². The van der Waals surface area contributed by atoms with Crippen LogP contribution in [0.1, 0.15) is 258 Å². The highest BCUT2D eigenvalue weighted by Crippen LogP contribution is 2.38. The van der Waals surface area contributed by atoms with E-state index in [1.165, 1.54) is 199 Å². The molecule has 0 radical (unpaired) electrons. The van der Waals surface area contributed by atoms with Crippen molar-refractivity contribution < 1.29 is 32.9 Å². The van der Waals surface area contributed by atoms with Gasteiger partial charge in [0.15, 0.2) is 0 Å². The Morgan fingerprint density at radius 3 is 1.25 bits per heavy atom. The summed E-state index contributed by atoms with van der Waals surface area (Å²) in [5.74, 6) is -0.193. The van der Waals surface area contributed by atoms with E-state index in [1.54, 1.807) is 6.08 Å². The summed E-state index contributed by atoms with van der Waals surface area (Å²) in [6, 6.07) is -0.880. The minimum atomic E-state index is -4.58. The zero-order valence-corrected chi connectivity index (χ0v) is 41.6. The smallest absolute Gasteiger partial charge is 0.268 e. The molecule has 0 bridgehead atoms. The largest absolute Gasteiger partial charge is 0.756 e. The number of likely N-dealkylation sites (N-methyl/N-ethyl adjacent to an activating group) is 1. The van der Waals surface area contributed by atoms with Crippen LogP contribution in [0.2, 0.25) is 0 Å². The Hall–Kier alpha value is -0.760. The Labute approximate surface area is 373 Å². The number of allylic oxidation sites excluding steroid dienone is 1. The van der Waals surface area contributed by atoms with Crippen molar-refractivity contribution in [2.45, 2.75) is 270 Å². The number of unbranched alkanes of at least 4 members (excludes halogenated alkanes) is 35. The average Bonchev–Trinajstić information content (AvgIpc) is 3.20. The third-order valence-electron chi connectivity index (χ3n) is 12.0. The molecular formula is C51H103N2O6P. The van der Waals surface area contributed by atoms with Gasteiger partial charge in [0.2, 0.25) is 5.91 Å². The molecule has 0 aromatic heterocycles. The summed E-state index contributed by atoms with van der Waals surface area (Å²) >= 11 is 0. The number of hydrogen-bond acceptors (Lipinski definition) is 6. The number of aliphatic hydroxyl groups excluding tert-OH is 1. The third kappa shape index (κ3) is 45.3. The molecule has 8 nitrogen and oxygen atoms in total. The molecule has 0 spiro atoms. The van der Waals surface area contributed by atoms with Crippen molar-refractivity contribution in [3.8, 4) is 0 Å². The molecule has 0 aliphatic carbocycles. The molecule has 3 atom stereocenters. The van der Waals surface area contributed by atoms with Gasteiger partial charge >= 0.3 is 0 Å². The predicted molar refractivity (Wildman–Crippen MR) is 256 cm³/mol. The predicted octanol–water partition coefficient (Wildman–Crippen LogP) is 14.5. The number of carbonyl (C=O) groups is 1. The van der Waals surface area contributed by atoms with Crippen LogP contribution in [0.4, 0.5) is 0 Å². The molecule has 0 saturated heterocycles. The van der Waals surface area contributed by atoms with E-state index in [0.717, 1.165) is 38.5 Å². The second-order valence-electron chi connectivity index (χ2n) is 19.2. The van der Waals surface area contributed by atoms with Crippen LogP contribution in [0.5, 0.6) is 0 Å². The fourth-order valence-electron chi connectivity index (χ4n) is 7.86. The molecule has 60 heavy (non-hydrogen) atoms. The van der Waals surface area contributed by atoms with Crippen molar-refractivity contribution >= 4 is 13.7 Å². The molecule has 1 amide bonds. The first-order valence-corrected chi connectivity index (χ1v) is 27.5. The Bertz CT molecular complexity index is 989. The summed E-state index contributed by atoms with van der Waals surface area (Å²) in [7, 11) is 1.27. The molecule has 358 valence electrons. The fourth-order valence-corrected chi connectivity index (χ4v) is 8.58. The van der Waals surface area contributed by atoms with E-state index in [1.807, 2.05) is 27.2 Å². The molecule has 2 N–H and O–H groups in total. The van der Waals surface area contributed by atoms with Gasteiger partial charge in [-0.1, -0.05) is 244 Å². The third-order valence-corrected chi connectivity index (χ3v) is 13.0. The molecule has 0 aromatic carbocycles. The van der Waals surface area contributed by atoms with Gasteiger partial charge in [-0.3, -0.25) is 9.36 Å². The van der Waals surface area contributed by atoms with Crippen LogP contribution in [-0.4, -0.2) is 68.5 Å². The van der Waals surface area contributed by atoms with Gasteiger partial charge in [0.25, 0.3) is 7.82 Å². The molecule has 0 heterocycles. The Balaban J connectivity index is 4.06. The fraction of sp³-hybridized carbons (Fsp3) is 0.941. The summed E-state index contributed by atoms with van der Waals surface area (Å²) in [6.45, 7) is 4.66. The van der Waals surface area contributed by atoms with E-state index >= 15 is 0 Å². The molecule has 0 rings (SSSR count). The van der Waals surface area contributed by atoms with Gasteiger partial charge in [0.1, 0.15) is 13.2 Å². The lowest BCUT2D eigenvalue weighted by Gasteiger charge is -2.29. The minimum Gasteiger partial charge on any atom is -0.756 e. The molecule has 0 fully saturated rings. The first-order valence-electron chi connectivity index (χ1n) is 26.1. The number of amides is 1. The van der Waals surface area contributed by atoms with E-state index in [9.17, 15) is 19.4 Å². The van der Waals surface area contributed by atoms with Crippen molar-refractivity contribution in [2.75, 3.05) is 40.9 Å². The van der Waals surface area contributed by atoms with Gasteiger partial charge < -0.3 is 28.8 Å². The summed E-state index contributed by atoms with van der Waals surface area (Å²) in [6.07, 6.45) is 51.4. The monoisotopic (exact) mass is 871 g/mol. The number of nitrogens with one attached hydrogen (secondary N) is 1. The molecule has 0 aromatic rings. The normalized spacial score (nSPS) is 14.2. The maximum atomic E-state index is 12.9. The topological polar surface area (TPSA) is 108 Å². The average molecular weight is 871 g/mol. The maximum absolute atomic E-state index is 12.9. The lowest BCUT2D eigenvalue weighted by atomic mass is 10.0. The van der Waals surface area contributed by atoms with Crippen molar-refractivity contribution in [3.05, 3.63) is 12.2 Å². The number of aliphatic hydroxyl groups is 1. The molecule has 0 aliphatic heterocycles. The number of rotatable bonds is 48. The number of phosphoric ester groups is 1. The van der Waals surface area contributed by atoms with Crippen LogP contribution in [0.15, 0.2) is 12.2 Å². The Morgan fingerprint density at radius 1 is 0.567 bits per heavy atom. The highest BCUT2D eigenvalue weighted by Gasteiger charge is 2.23. The van der Waals surface area contributed by atoms with Gasteiger partial charge in [-0.25, -0.2) is 0 Å². The quantitative estimate of drug-likeness (QED) is 0.0273. The van der Waals surface area contributed by atoms with Crippen molar-refractivity contribution in [2.24, 2.45) is 0 Å². The lowest BCUT2D eigenvalue weighted by Crippen LogP contribution is -2.45. The van der Waals surface area contributed by atoms with E-state index in [4.69, 9.17) is 9.05 Å². The van der Waals surface area contributed by atoms with Crippen LogP contribution >= 0.6 is 7.82 Å². The second-order valence-corrected chi connectivity index (χ2v) is 20.7. The Morgan fingerprint density at radius 2 is 0.900 bits per heavy atom. The SMILES string of the molecule is CCCCCCCCCCC/C=C/C(O)C(COP(=O)([O-])OCC[N+](C)(C)C)NC(=O)CCCCCCCCCCCCCCCCCCCCCCCCCCCCC. The second kappa shape index (κ2) is 43.5. The van der Waals surface area contributed by atoms with E-state index in [-0.39, 0.29) is 19.1 Å². The van der Waals surface area contributed by atoms with Gasteiger partial charge in [-0.05, 0) is 19.3 Å². The number of carbonyl (C=O) groups excluding carboxylic acids is 1. The molecule has 0 saturated carbocycles. The van der Waals surface area contributed by atoms with Crippen molar-refractivity contribution in [1.29, 1.82) is 0 Å². The van der Waals surface area contributed by atoms with Crippen LogP contribution in [0.3, 0.4) is 0 Å². The van der Waals surface area contributed by atoms with E-state index in [0.29, 0.717) is 17.4 Å². The van der Waals surface area contributed by atoms with Crippen LogP contribution in [0, 0.1) is 0 Å². The number of phosphoric acid groups is 1. The van der Waals surface area contributed by atoms with Gasteiger partial charge in [0, 0.05) is 6.42 Å². The first kappa shape index (κ1) is 59.2. The summed E-state index contributed by atoms with van der Waals surface area (Å²) in [5, 5.41) is 13.8. The molecular weight excluding hydrogens is 768 g/mol. The van der Waals surface area contributed by atoms with E-state index in [2.05, 4.69) is 19.2 Å². The summed E-state index contributed by atoms with van der Waals surface area (Å²) < 4.78 is 23.2. The zero-order chi connectivity index (χ0) is 44.3. The highest BCUT2D eigenvalue weighted by molar-refractivity contribution is 7.45. The minimum absolute atomic E-state index is 0.00211. The van der Waals surface area contributed by atoms with Crippen LogP contribution in [0.25, 0.3) is 0 Å². The van der Waals surface area contributed by atoms with Crippen molar-refractivity contribution in [3.63, 3.8) is 0 Å². The van der Waals surface area contributed by atoms with Gasteiger partial charge in [-0.15, -0.1) is 0 Å². The number of nitrogens with zero attached hydrogens (tertiary/aromatic N) is 1. The van der Waals surface area contributed by atoms with Crippen molar-refractivity contribution in [1.82, 2.24) is 5.32 Å². The highest BCUT2D eigenvalue weighted by atomic mass is 31.2. The Kier molecular flexibility index (Phi) is 42.9. The lowest BCUT2D eigenvalue weighted by molar-refractivity contribution is -0.870. The van der Waals surface area contributed by atoms with Crippen LogP contribution < -0.4 is 10.2 Å². The molecule has 0 aliphatic rings. The maximum Gasteiger partial charge on any atom is 0.268 e. The summed E-state index contributed by atoms with van der Waals surface area (Å²) in [4.78, 5) is 25.3. The van der Waals surface area contributed by atoms with Gasteiger partial charge in [-0.2, -0.15) is 0 Å². The zero-order valence-electron chi connectivity index (χ0n) is 40.7. The van der Waals surface area contributed by atoms with Crippen LogP contribution in [-0.2, 0) is 18.4 Å². The van der Waals surface area contributed by atoms with Gasteiger partial charge in [0.05, 0.1) is 39.9 Å². The number of hydrogen-bond donors (Lipinski definition) is 2. The number of quaternary nitrogens is 1. The summed E-state index contributed by atoms with van der Waals surface area (Å²) in [5.41, 5.74) is 0. The molecule has 9 heteroatoms.